The maximum Gasteiger partial charge on any atom is 0.297 e. The molecule has 31 heavy (non-hydrogen) atoms. The first-order valence-corrected chi connectivity index (χ1v) is 11.6. The van der Waals surface area contributed by atoms with Gasteiger partial charge in [0.05, 0.1) is 21.2 Å². The van der Waals surface area contributed by atoms with E-state index in [1.165, 1.54) is 22.7 Å². The van der Waals surface area contributed by atoms with E-state index in [0.717, 1.165) is 20.7 Å². The molecule has 8 heteroatoms. The summed E-state index contributed by atoms with van der Waals surface area (Å²) in [5.41, 5.74) is 2.29. The zero-order valence-corrected chi connectivity index (χ0v) is 18.5. The Morgan fingerprint density at radius 3 is 2.81 bits per heavy atom. The van der Waals surface area contributed by atoms with Crippen molar-refractivity contribution in [1.82, 2.24) is 4.98 Å². The van der Waals surface area contributed by atoms with Gasteiger partial charge in [-0.25, -0.2) is 4.98 Å². The quantitative estimate of drug-likeness (QED) is 0.313. The van der Waals surface area contributed by atoms with Crippen LogP contribution in [0.25, 0.3) is 21.2 Å². The van der Waals surface area contributed by atoms with Crippen LogP contribution in [0, 0.1) is 6.92 Å². The first-order chi connectivity index (χ1) is 15.0. The molecule has 0 saturated carbocycles. The van der Waals surface area contributed by atoms with Crippen molar-refractivity contribution in [2.45, 2.75) is 13.0 Å². The van der Waals surface area contributed by atoms with Gasteiger partial charge in [0.25, 0.3) is 5.91 Å². The van der Waals surface area contributed by atoms with Crippen molar-refractivity contribution in [3.8, 4) is 0 Å². The van der Waals surface area contributed by atoms with Crippen LogP contribution in [0.1, 0.15) is 32.6 Å². The summed E-state index contributed by atoms with van der Waals surface area (Å²) in [4.78, 5) is 34.2. The summed E-state index contributed by atoms with van der Waals surface area (Å²) in [6, 6.07) is 14.1. The molecule has 0 saturated heterocycles. The molecule has 1 aliphatic rings. The number of anilines is 1. The summed E-state index contributed by atoms with van der Waals surface area (Å²) in [6.45, 7) is 1.92. The molecule has 0 aliphatic carbocycles. The highest BCUT2D eigenvalue weighted by molar-refractivity contribution is 7.22. The maximum atomic E-state index is 13.5. The summed E-state index contributed by atoms with van der Waals surface area (Å²) in [5.74, 6) is -0.282. The number of thiazole rings is 1. The molecule has 1 atom stereocenters. The second kappa shape index (κ2) is 6.75. The fraction of sp³-hybridized carbons (Fsp3) is 0.0870. The first kappa shape index (κ1) is 18.7. The number of hydrogen-bond acceptors (Lipinski definition) is 6. The molecule has 1 aliphatic heterocycles. The number of rotatable bonds is 2. The van der Waals surface area contributed by atoms with Gasteiger partial charge in [0, 0.05) is 9.90 Å². The third-order valence-corrected chi connectivity index (χ3v) is 7.56. The third-order valence-electron chi connectivity index (χ3n) is 5.38. The first-order valence-electron chi connectivity index (χ1n) is 9.51. The molecule has 0 fully saturated rings. The highest BCUT2D eigenvalue weighted by atomic mass is 35.5. The molecule has 6 rings (SSSR count). The number of hydrogen-bond donors (Lipinski definition) is 0. The Hall–Kier alpha value is -3.00. The third kappa shape index (κ3) is 2.77. The molecule has 0 unspecified atom stereocenters. The summed E-state index contributed by atoms with van der Waals surface area (Å²) >= 11 is 9.00. The Morgan fingerprint density at radius 1 is 1.13 bits per heavy atom. The van der Waals surface area contributed by atoms with Crippen LogP contribution in [0.5, 0.6) is 0 Å². The van der Waals surface area contributed by atoms with Gasteiger partial charge >= 0.3 is 0 Å². The zero-order valence-electron chi connectivity index (χ0n) is 16.1. The van der Waals surface area contributed by atoms with Crippen molar-refractivity contribution in [2.24, 2.45) is 0 Å². The number of halogens is 1. The largest absolute Gasteiger partial charge is 0.450 e. The molecule has 0 radical (unpaired) electrons. The monoisotopic (exact) mass is 464 g/mol. The minimum absolute atomic E-state index is 0.0806. The second-order valence-corrected chi connectivity index (χ2v) is 9.80. The van der Waals surface area contributed by atoms with Crippen LogP contribution in [0.2, 0.25) is 5.02 Å². The lowest BCUT2D eigenvalue weighted by molar-refractivity contribution is 0.0971. The fourth-order valence-corrected chi connectivity index (χ4v) is 6.08. The molecular weight excluding hydrogens is 452 g/mol. The standard InChI is InChI=1S/C23H13ClN2O3S2/c1-11-4-7-15-13(9-11)20(27)18-19(16-3-2-8-30-16)26(22(28)21(18)29-15)23-25-14-6-5-12(24)10-17(14)31-23/h2-10,19H,1H3/t19-/m1/s1. The molecule has 5 nitrogen and oxygen atoms in total. The van der Waals surface area contributed by atoms with E-state index >= 15 is 0 Å². The smallest absolute Gasteiger partial charge is 0.297 e. The minimum Gasteiger partial charge on any atom is -0.450 e. The summed E-state index contributed by atoms with van der Waals surface area (Å²) in [6.07, 6.45) is 0. The van der Waals surface area contributed by atoms with Gasteiger partial charge in [-0.15, -0.1) is 11.3 Å². The second-order valence-electron chi connectivity index (χ2n) is 7.38. The van der Waals surface area contributed by atoms with E-state index in [-0.39, 0.29) is 17.1 Å². The Bertz CT molecular complexity index is 1570. The molecule has 3 aromatic heterocycles. The molecule has 5 aromatic rings. The highest BCUT2D eigenvalue weighted by Gasteiger charge is 2.45. The maximum absolute atomic E-state index is 13.5. The van der Waals surface area contributed by atoms with E-state index in [2.05, 4.69) is 4.98 Å². The fourth-order valence-electron chi connectivity index (χ4n) is 3.99. The lowest BCUT2D eigenvalue weighted by atomic mass is 10.0. The van der Waals surface area contributed by atoms with Gasteiger partial charge < -0.3 is 4.42 Å². The van der Waals surface area contributed by atoms with Gasteiger partial charge in [0.2, 0.25) is 5.76 Å². The Kier molecular flexibility index (Phi) is 4.08. The molecule has 0 bridgehead atoms. The minimum atomic E-state index is -0.584. The van der Waals surface area contributed by atoms with Crippen LogP contribution in [-0.2, 0) is 0 Å². The Balaban J connectivity index is 1.64. The highest BCUT2D eigenvalue weighted by Crippen LogP contribution is 2.44. The predicted molar refractivity (Wildman–Crippen MR) is 125 cm³/mol. The van der Waals surface area contributed by atoms with Gasteiger partial charge in [-0.1, -0.05) is 40.6 Å². The predicted octanol–water partition coefficient (Wildman–Crippen LogP) is 6.18. The molecule has 1 amide bonds. The van der Waals surface area contributed by atoms with E-state index < -0.39 is 6.04 Å². The van der Waals surface area contributed by atoms with Crippen LogP contribution in [0.3, 0.4) is 0 Å². The SMILES string of the molecule is Cc1ccc2oc3c(c(=O)c2c1)[C@@H](c1cccs1)N(c1nc2ccc(Cl)cc2s1)C3=O. The van der Waals surface area contributed by atoms with Crippen molar-refractivity contribution in [3.63, 3.8) is 0 Å². The van der Waals surface area contributed by atoms with Crippen LogP contribution in [-0.4, -0.2) is 10.9 Å². The van der Waals surface area contributed by atoms with Gasteiger partial charge in [-0.2, -0.15) is 0 Å². The average Bonchev–Trinajstić information content (AvgIpc) is 3.46. The number of aromatic nitrogens is 1. The number of amides is 1. The normalized spacial score (nSPS) is 15.9. The lowest BCUT2D eigenvalue weighted by Gasteiger charge is -2.20. The average molecular weight is 465 g/mol. The number of fused-ring (bicyclic) bond motifs is 3. The molecular formula is C23H13ClN2O3S2. The number of aryl methyl sites for hydroxylation is 1. The lowest BCUT2D eigenvalue weighted by Crippen LogP contribution is -2.28. The number of thiophene rings is 1. The Morgan fingerprint density at radius 2 is 2.00 bits per heavy atom. The number of benzene rings is 2. The van der Waals surface area contributed by atoms with Crippen LogP contribution < -0.4 is 10.3 Å². The summed E-state index contributed by atoms with van der Waals surface area (Å²) in [5, 5.41) is 3.52. The topological polar surface area (TPSA) is 63.4 Å². The van der Waals surface area contributed by atoms with Crippen molar-refractivity contribution in [2.75, 3.05) is 4.90 Å². The van der Waals surface area contributed by atoms with Crippen LogP contribution in [0.15, 0.2) is 63.1 Å². The van der Waals surface area contributed by atoms with Gasteiger partial charge in [0.1, 0.15) is 11.6 Å². The molecule has 4 heterocycles. The molecule has 0 spiro atoms. The van der Waals surface area contributed by atoms with E-state index in [1.807, 2.05) is 42.6 Å². The van der Waals surface area contributed by atoms with Crippen molar-refractivity contribution in [3.05, 3.63) is 90.9 Å². The van der Waals surface area contributed by atoms with Crippen LogP contribution >= 0.6 is 34.3 Å². The van der Waals surface area contributed by atoms with Gasteiger partial charge in [-0.05, 0) is 48.7 Å². The summed E-state index contributed by atoms with van der Waals surface area (Å²) in [7, 11) is 0. The molecule has 2 aromatic carbocycles. The van der Waals surface area contributed by atoms with Crippen molar-refractivity contribution in [1.29, 1.82) is 0 Å². The summed E-state index contributed by atoms with van der Waals surface area (Å²) < 4.78 is 6.87. The van der Waals surface area contributed by atoms with Crippen LogP contribution in [0.4, 0.5) is 5.13 Å². The van der Waals surface area contributed by atoms with E-state index in [4.69, 9.17) is 16.0 Å². The molecule has 152 valence electrons. The van der Waals surface area contributed by atoms with E-state index in [1.54, 1.807) is 23.1 Å². The Labute approximate surface area is 189 Å². The molecule has 0 N–H and O–H groups in total. The van der Waals surface area contributed by atoms with E-state index in [0.29, 0.717) is 26.7 Å². The number of carbonyl (C=O) groups is 1. The van der Waals surface area contributed by atoms with Crippen molar-refractivity contribution >= 4 is 66.5 Å². The van der Waals surface area contributed by atoms with E-state index in [9.17, 15) is 9.59 Å². The van der Waals surface area contributed by atoms with Crippen molar-refractivity contribution < 1.29 is 9.21 Å². The van der Waals surface area contributed by atoms with Gasteiger partial charge in [-0.3, -0.25) is 14.5 Å². The number of nitrogens with zero attached hydrogens (tertiary/aromatic N) is 2. The van der Waals surface area contributed by atoms with Gasteiger partial charge in [0.15, 0.2) is 10.6 Å². The zero-order chi connectivity index (χ0) is 21.3. The number of carbonyl (C=O) groups excluding carboxylic acids is 1.